The fourth-order valence-corrected chi connectivity index (χ4v) is 2.22. The maximum atomic E-state index is 13.0. The van der Waals surface area contributed by atoms with Gasteiger partial charge >= 0.3 is 0 Å². The molecule has 0 atom stereocenters. The fourth-order valence-electron chi connectivity index (χ4n) is 1.97. The van der Waals surface area contributed by atoms with Crippen molar-refractivity contribution in [1.82, 2.24) is 9.97 Å². The van der Waals surface area contributed by atoms with Gasteiger partial charge in [-0.2, -0.15) is 0 Å². The molecule has 0 fully saturated rings. The highest BCUT2D eigenvalue weighted by Crippen LogP contribution is 2.24. The van der Waals surface area contributed by atoms with Gasteiger partial charge in [0.2, 0.25) is 0 Å². The highest BCUT2D eigenvalue weighted by Gasteiger charge is 2.17. The molecule has 2 aromatic heterocycles. The maximum Gasteiger partial charge on any atom is 0.196 e. The lowest BCUT2D eigenvalue weighted by Gasteiger charge is -2.02. The molecule has 3 aromatic rings. The summed E-state index contributed by atoms with van der Waals surface area (Å²) >= 11 is 5.91. The number of ketones is 1. The van der Waals surface area contributed by atoms with Crippen LogP contribution in [0, 0.1) is 5.82 Å². The molecule has 0 aliphatic heterocycles. The largest absolute Gasteiger partial charge is 0.360 e. The molecular formula is C14H8ClFN2O. The third-order valence-electron chi connectivity index (χ3n) is 2.90. The minimum Gasteiger partial charge on any atom is -0.360 e. The van der Waals surface area contributed by atoms with E-state index in [1.807, 2.05) is 0 Å². The van der Waals surface area contributed by atoms with Crippen LogP contribution in [0.2, 0.25) is 5.02 Å². The molecule has 94 valence electrons. The van der Waals surface area contributed by atoms with Crippen LogP contribution in [0.1, 0.15) is 15.9 Å². The molecule has 0 saturated carbocycles. The number of aromatic amines is 1. The van der Waals surface area contributed by atoms with E-state index in [2.05, 4.69) is 9.97 Å². The van der Waals surface area contributed by atoms with E-state index in [0.29, 0.717) is 10.9 Å². The zero-order valence-electron chi connectivity index (χ0n) is 9.65. The summed E-state index contributed by atoms with van der Waals surface area (Å²) in [4.78, 5) is 19.4. The summed E-state index contributed by atoms with van der Waals surface area (Å²) < 4.78 is 13.0. The number of fused-ring (bicyclic) bond motifs is 1. The Morgan fingerprint density at radius 2 is 2.11 bits per heavy atom. The number of rotatable bonds is 2. The minimum atomic E-state index is -0.470. The van der Waals surface area contributed by atoms with Crippen LogP contribution in [0.3, 0.4) is 0 Å². The second kappa shape index (κ2) is 4.48. The number of benzene rings is 1. The Morgan fingerprint density at radius 1 is 1.26 bits per heavy atom. The molecular weight excluding hydrogens is 267 g/mol. The SMILES string of the molecule is O=C(c1ccc(F)cc1Cl)c1c[nH]c2ccncc12. The summed E-state index contributed by atoms with van der Waals surface area (Å²) in [5.74, 6) is -0.730. The van der Waals surface area contributed by atoms with Crippen molar-refractivity contribution in [2.45, 2.75) is 0 Å². The molecule has 5 heteroatoms. The molecule has 0 amide bonds. The third kappa shape index (κ3) is 2.00. The van der Waals surface area contributed by atoms with Crippen LogP contribution in [-0.2, 0) is 0 Å². The van der Waals surface area contributed by atoms with Gasteiger partial charge in [-0.1, -0.05) is 11.6 Å². The van der Waals surface area contributed by atoms with Gasteiger partial charge in [0.05, 0.1) is 5.02 Å². The number of nitrogens with zero attached hydrogens (tertiary/aromatic N) is 1. The Hall–Kier alpha value is -2.20. The summed E-state index contributed by atoms with van der Waals surface area (Å²) in [5, 5.41) is 0.816. The van der Waals surface area contributed by atoms with Gasteiger partial charge in [-0.3, -0.25) is 9.78 Å². The van der Waals surface area contributed by atoms with E-state index < -0.39 is 5.82 Å². The van der Waals surface area contributed by atoms with E-state index in [0.717, 1.165) is 11.6 Å². The number of hydrogen-bond acceptors (Lipinski definition) is 2. The average molecular weight is 275 g/mol. The van der Waals surface area contributed by atoms with E-state index in [-0.39, 0.29) is 16.4 Å². The molecule has 0 aliphatic rings. The molecule has 3 rings (SSSR count). The quantitative estimate of drug-likeness (QED) is 0.726. The van der Waals surface area contributed by atoms with Gasteiger partial charge in [0, 0.05) is 40.6 Å². The van der Waals surface area contributed by atoms with Crippen LogP contribution in [0.4, 0.5) is 4.39 Å². The van der Waals surface area contributed by atoms with Gasteiger partial charge in [0.1, 0.15) is 5.82 Å². The van der Waals surface area contributed by atoms with Gasteiger partial charge < -0.3 is 4.98 Å². The van der Waals surface area contributed by atoms with E-state index in [1.165, 1.54) is 12.1 Å². The first-order chi connectivity index (χ1) is 9.16. The van der Waals surface area contributed by atoms with Crippen LogP contribution >= 0.6 is 11.6 Å². The molecule has 1 aromatic carbocycles. The van der Waals surface area contributed by atoms with E-state index >= 15 is 0 Å². The lowest BCUT2D eigenvalue weighted by Crippen LogP contribution is -2.01. The van der Waals surface area contributed by atoms with E-state index in [4.69, 9.17) is 11.6 Å². The number of aromatic nitrogens is 2. The topological polar surface area (TPSA) is 45.8 Å². The van der Waals surface area contributed by atoms with Gasteiger partial charge in [-0.05, 0) is 24.3 Å². The second-order valence-electron chi connectivity index (χ2n) is 4.08. The molecule has 0 bridgehead atoms. The first kappa shape index (κ1) is 11.9. The highest BCUT2D eigenvalue weighted by molar-refractivity contribution is 6.35. The minimum absolute atomic E-state index is 0.100. The van der Waals surface area contributed by atoms with Crippen LogP contribution in [-0.4, -0.2) is 15.8 Å². The summed E-state index contributed by atoms with van der Waals surface area (Å²) in [6.45, 7) is 0. The Bertz CT molecular complexity index is 782. The van der Waals surface area contributed by atoms with Crippen molar-refractivity contribution in [1.29, 1.82) is 0 Å². The number of H-pyrrole nitrogens is 1. The molecule has 1 N–H and O–H groups in total. The van der Waals surface area contributed by atoms with Crippen molar-refractivity contribution in [3.8, 4) is 0 Å². The van der Waals surface area contributed by atoms with E-state index in [1.54, 1.807) is 24.7 Å². The number of hydrogen-bond donors (Lipinski definition) is 1. The monoisotopic (exact) mass is 274 g/mol. The smallest absolute Gasteiger partial charge is 0.196 e. The van der Waals surface area contributed by atoms with Crippen LogP contribution in [0.25, 0.3) is 10.9 Å². The second-order valence-corrected chi connectivity index (χ2v) is 4.48. The molecule has 2 heterocycles. The van der Waals surface area contributed by atoms with Crippen molar-refractivity contribution in [3.63, 3.8) is 0 Å². The maximum absolute atomic E-state index is 13.0. The van der Waals surface area contributed by atoms with Crippen molar-refractivity contribution in [3.05, 3.63) is 64.8 Å². The van der Waals surface area contributed by atoms with Crippen molar-refractivity contribution < 1.29 is 9.18 Å². The zero-order valence-corrected chi connectivity index (χ0v) is 10.4. The average Bonchev–Trinajstić information content (AvgIpc) is 2.82. The molecule has 0 saturated heterocycles. The molecule has 3 nitrogen and oxygen atoms in total. The lowest BCUT2D eigenvalue weighted by atomic mass is 10.0. The lowest BCUT2D eigenvalue weighted by molar-refractivity contribution is 0.104. The number of pyridine rings is 1. The number of carbonyl (C=O) groups excluding carboxylic acids is 1. The highest BCUT2D eigenvalue weighted by atomic mass is 35.5. The predicted octanol–water partition coefficient (Wildman–Crippen LogP) is 3.59. The summed E-state index contributed by atoms with van der Waals surface area (Å²) in [6, 6.07) is 5.50. The molecule has 0 radical (unpaired) electrons. The first-order valence-electron chi connectivity index (χ1n) is 5.57. The Balaban J connectivity index is 2.13. The molecule has 0 unspecified atom stereocenters. The standard InChI is InChI=1S/C14H8ClFN2O/c15-12-5-8(16)1-2-9(12)14(19)11-7-18-13-3-4-17-6-10(11)13/h1-7,18H. The normalized spacial score (nSPS) is 10.8. The predicted molar refractivity (Wildman–Crippen MR) is 70.9 cm³/mol. The summed E-state index contributed by atoms with van der Waals surface area (Å²) in [5.41, 5.74) is 1.56. The third-order valence-corrected chi connectivity index (χ3v) is 3.22. The van der Waals surface area contributed by atoms with Crippen LogP contribution in [0.5, 0.6) is 0 Å². The van der Waals surface area contributed by atoms with E-state index in [9.17, 15) is 9.18 Å². The van der Waals surface area contributed by atoms with Gasteiger partial charge in [0.25, 0.3) is 0 Å². The van der Waals surface area contributed by atoms with Crippen molar-refractivity contribution in [2.24, 2.45) is 0 Å². The van der Waals surface area contributed by atoms with Crippen LogP contribution < -0.4 is 0 Å². The van der Waals surface area contributed by atoms with Gasteiger partial charge in [-0.25, -0.2) is 4.39 Å². The molecule has 0 aliphatic carbocycles. The number of nitrogens with one attached hydrogen (secondary N) is 1. The Kier molecular flexibility index (Phi) is 2.80. The zero-order chi connectivity index (χ0) is 13.4. The molecule has 0 spiro atoms. The summed E-state index contributed by atoms with van der Waals surface area (Å²) in [6.07, 6.45) is 4.85. The molecule has 19 heavy (non-hydrogen) atoms. The van der Waals surface area contributed by atoms with Gasteiger partial charge in [0.15, 0.2) is 5.78 Å². The summed E-state index contributed by atoms with van der Waals surface area (Å²) in [7, 11) is 0. The number of carbonyl (C=O) groups is 1. The van der Waals surface area contributed by atoms with Gasteiger partial charge in [-0.15, -0.1) is 0 Å². The van der Waals surface area contributed by atoms with Crippen LogP contribution in [0.15, 0.2) is 42.9 Å². The Morgan fingerprint density at radius 3 is 2.89 bits per heavy atom. The van der Waals surface area contributed by atoms with Crippen molar-refractivity contribution >= 4 is 28.3 Å². The Labute approximate surface area is 113 Å². The number of halogens is 2. The fraction of sp³-hybridized carbons (Fsp3) is 0. The first-order valence-corrected chi connectivity index (χ1v) is 5.95. The van der Waals surface area contributed by atoms with Crippen molar-refractivity contribution in [2.75, 3.05) is 0 Å².